The number of rotatable bonds is 4. The molecule has 1 heterocycles. The van der Waals surface area contributed by atoms with Crippen molar-refractivity contribution in [2.24, 2.45) is 0 Å². The van der Waals surface area contributed by atoms with Gasteiger partial charge in [-0.3, -0.25) is 10.0 Å². The Bertz CT molecular complexity index is 1020. The summed E-state index contributed by atoms with van der Waals surface area (Å²) in [6.45, 7) is 0. The van der Waals surface area contributed by atoms with Crippen LogP contribution >= 0.6 is 0 Å². The van der Waals surface area contributed by atoms with Gasteiger partial charge in [0.1, 0.15) is 0 Å². The number of nitrogens with one attached hydrogen (secondary N) is 2. The zero-order valence-electron chi connectivity index (χ0n) is 12.4. The molecule has 3 aromatic rings. The van der Waals surface area contributed by atoms with Gasteiger partial charge >= 0.3 is 0 Å². The average Bonchev–Trinajstić information content (AvgIpc) is 3.04. The van der Waals surface area contributed by atoms with Gasteiger partial charge in [-0.05, 0) is 35.9 Å². The molecule has 0 bridgehead atoms. The summed E-state index contributed by atoms with van der Waals surface area (Å²) >= 11 is 0. The third-order valence-corrected chi connectivity index (χ3v) is 5.36. The van der Waals surface area contributed by atoms with E-state index in [1.165, 1.54) is 17.8 Å². The first-order chi connectivity index (χ1) is 11.5. The lowest BCUT2D eigenvalue weighted by atomic mass is 10.1. The number of hydroxylamine groups is 1. The second-order valence-electron chi connectivity index (χ2n) is 5.08. The van der Waals surface area contributed by atoms with Crippen molar-refractivity contribution in [2.45, 2.75) is 9.79 Å². The molecule has 3 N–H and O–H groups in total. The van der Waals surface area contributed by atoms with Crippen molar-refractivity contribution in [3.8, 4) is 0 Å². The lowest BCUT2D eigenvalue weighted by Gasteiger charge is -2.03. The van der Waals surface area contributed by atoms with Gasteiger partial charge in [-0.1, -0.05) is 24.3 Å². The summed E-state index contributed by atoms with van der Waals surface area (Å²) in [6, 6.07) is 13.3. The fraction of sp³-hybridized carbons (Fsp3) is 0. The number of amides is 1. The summed E-state index contributed by atoms with van der Waals surface area (Å²) in [6.07, 6.45) is 4.09. The van der Waals surface area contributed by atoms with E-state index < -0.39 is 15.7 Å². The molecule has 0 atom stereocenters. The van der Waals surface area contributed by atoms with Gasteiger partial charge in [-0.15, -0.1) is 0 Å². The number of hydrogen-bond acceptors (Lipinski definition) is 4. The first-order valence-electron chi connectivity index (χ1n) is 7.06. The Labute approximate surface area is 138 Å². The molecule has 0 fully saturated rings. The Hall–Kier alpha value is -2.90. The molecule has 0 spiro atoms. The van der Waals surface area contributed by atoms with Crippen molar-refractivity contribution in [1.29, 1.82) is 0 Å². The van der Waals surface area contributed by atoms with Gasteiger partial charge in [0, 0.05) is 23.2 Å². The molecule has 0 radical (unpaired) electrons. The standard InChI is InChI=1S/C17H14N2O4S/c20-17(19-21)9-7-12-6-8-15-14(10-12)16(11-18-15)24(22,23)13-4-2-1-3-5-13/h1-11,18,21H,(H,19,20). The lowest BCUT2D eigenvalue weighted by molar-refractivity contribution is -0.124. The number of sulfone groups is 1. The Morgan fingerprint density at radius 1 is 1.12 bits per heavy atom. The Morgan fingerprint density at radius 2 is 1.88 bits per heavy atom. The van der Waals surface area contributed by atoms with E-state index in [9.17, 15) is 13.2 Å². The van der Waals surface area contributed by atoms with Crippen LogP contribution in [0, 0.1) is 0 Å². The number of fused-ring (bicyclic) bond motifs is 1. The SMILES string of the molecule is O=C(C=Cc1ccc2[nH]cc(S(=O)(=O)c3ccccc3)c2c1)NO. The number of aromatic nitrogens is 1. The van der Waals surface area contributed by atoms with E-state index in [4.69, 9.17) is 5.21 Å². The quantitative estimate of drug-likeness (QED) is 0.385. The average molecular weight is 342 g/mol. The van der Waals surface area contributed by atoms with E-state index in [-0.39, 0.29) is 9.79 Å². The molecule has 1 aromatic heterocycles. The second kappa shape index (κ2) is 6.31. The van der Waals surface area contributed by atoms with Crippen LogP contribution in [0.3, 0.4) is 0 Å². The number of benzene rings is 2. The molecule has 6 nitrogen and oxygen atoms in total. The van der Waals surface area contributed by atoms with Crippen LogP contribution < -0.4 is 5.48 Å². The van der Waals surface area contributed by atoms with Crippen molar-refractivity contribution < 1.29 is 18.4 Å². The molecule has 122 valence electrons. The van der Waals surface area contributed by atoms with Crippen molar-refractivity contribution in [3.05, 3.63) is 66.4 Å². The van der Waals surface area contributed by atoms with E-state index in [1.54, 1.807) is 48.5 Å². The monoisotopic (exact) mass is 342 g/mol. The summed E-state index contributed by atoms with van der Waals surface area (Å²) in [5.74, 6) is -0.665. The number of H-pyrrole nitrogens is 1. The molecule has 0 unspecified atom stereocenters. The topological polar surface area (TPSA) is 99.3 Å². The van der Waals surface area contributed by atoms with Gasteiger partial charge in [0.05, 0.1) is 9.79 Å². The van der Waals surface area contributed by atoms with Crippen LogP contribution in [-0.4, -0.2) is 24.5 Å². The molecule has 0 saturated heterocycles. The maximum absolute atomic E-state index is 12.8. The highest BCUT2D eigenvalue weighted by molar-refractivity contribution is 7.91. The van der Waals surface area contributed by atoms with Gasteiger partial charge in [0.25, 0.3) is 5.91 Å². The Kier molecular flexibility index (Phi) is 4.20. The van der Waals surface area contributed by atoms with Crippen molar-refractivity contribution in [3.63, 3.8) is 0 Å². The number of aromatic amines is 1. The highest BCUT2D eigenvalue weighted by Crippen LogP contribution is 2.29. The summed E-state index contributed by atoms with van der Waals surface area (Å²) in [4.78, 5) is 14.4. The minimum absolute atomic E-state index is 0.172. The smallest absolute Gasteiger partial charge is 0.267 e. The first kappa shape index (κ1) is 16.0. The van der Waals surface area contributed by atoms with Crippen molar-refractivity contribution in [2.75, 3.05) is 0 Å². The van der Waals surface area contributed by atoms with E-state index in [1.807, 2.05) is 0 Å². The first-order valence-corrected chi connectivity index (χ1v) is 8.54. The predicted octanol–water partition coefficient (Wildman–Crippen LogP) is 2.52. The summed E-state index contributed by atoms with van der Waals surface area (Å²) in [7, 11) is -3.65. The van der Waals surface area contributed by atoms with Crippen LogP contribution in [0.1, 0.15) is 5.56 Å². The van der Waals surface area contributed by atoms with Gasteiger partial charge in [-0.2, -0.15) is 0 Å². The maximum Gasteiger partial charge on any atom is 0.267 e. The van der Waals surface area contributed by atoms with Crippen LogP contribution in [0.5, 0.6) is 0 Å². The largest absolute Gasteiger partial charge is 0.360 e. The summed E-state index contributed by atoms with van der Waals surface area (Å²) in [5, 5.41) is 9.03. The Morgan fingerprint density at radius 3 is 2.58 bits per heavy atom. The van der Waals surface area contributed by atoms with E-state index in [2.05, 4.69) is 4.98 Å². The number of carbonyl (C=O) groups excluding carboxylic acids is 1. The number of hydrogen-bond donors (Lipinski definition) is 3. The lowest BCUT2D eigenvalue weighted by Crippen LogP contribution is -2.14. The Balaban J connectivity index is 2.10. The molecule has 0 saturated carbocycles. The maximum atomic E-state index is 12.8. The highest BCUT2D eigenvalue weighted by atomic mass is 32.2. The number of carbonyl (C=O) groups is 1. The van der Waals surface area contributed by atoms with Crippen LogP contribution in [-0.2, 0) is 14.6 Å². The highest BCUT2D eigenvalue weighted by Gasteiger charge is 2.21. The fourth-order valence-electron chi connectivity index (χ4n) is 2.37. The van der Waals surface area contributed by atoms with Crippen LogP contribution in [0.2, 0.25) is 0 Å². The summed E-state index contributed by atoms with van der Waals surface area (Å²) < 4.78 is 25.6. The van der Waals surface area contributed by atoms with Crippen molar-refractivity contribution >= 4 is 32.7 Å². The molecule has 3 rings (SSSR count). The van der Waals surface area contributed by atoms with Gasteiger partial charge in [-0.25, -0.2) is 13.9 Å². The second-order valence-corrected chi connectivity index (χ2v) is 7.00. The molecule has 1 amide bonds. The van der Waals surface area contributed by atoms with Crippen LogP contribution in [0.15, 0.2) is 70.6 Å². The molecular weight excluding hydrogens is 328 g/mol. The van der Waals surface area contributed by atoms with E-state index in [0.29, 0.717) is 16.5 Å². The molecular formula is C17H14N2O4S. The van der Waals surface area contributed by atoms with E-state index in [0.717, 1.165) is 6.08 Å². The van der Waals surface area contributed by atoms with Gasteiger partial charge in [0.2, 0.25) is 9.84 Å². The minimum Gasteiger partial charge on any atom is -0.360 e. The van der Waals surface area contributed by atoms with Crippen molar-refractivity contribution in [1.82, 2.24) is 10.5 Å². The molecule has 0 aliphatic heterocycles. The van der Waals surface area contributed by atoms with Gasteiger partial charge in [0.15, 0.2) is 0 Å². The molecule has 0 aliphatic rings. The predicted molar refractivity (Wildman–Crippen MR) is 89.2 cm³/mol. The third-order valence-electron chi connectivity index (χ3n) is 3.55. The molecule has 7 heteroatoms. The fourth-order valence-corrected chi connectivity index (χ4v) is 3.82. The molecule has 2 aromatic carbocycles. The minimum atomic E-state index is -3.65. The zero-order chi connectivity index (χ0) is 17.2. The molecule has 0 aliphatic carbocycles. The van der Waals surface area contributed by atoms with Crippen LogP contribution in [0.25, 0.3) is 17.0 Å². The summed E-state index contributed by atoms with van der Waals surface area (Å²) in [5.41, 5.74) is 2.81. The van der Waals surface area contributed by atoms with Crippen LogP contribution in [0.4, 0.5) is 0 Å². The van der Waals surface area contributed by atoms with E-state index >= 15 is 0 Å². The normalized spacial score (nSPS) is 11.9. The molecule has 24 heavy (non-hydrogen) atoms. The van der Waals surface area contributed by atoms with Gasteiger partial charge < -0.3 is 4.98 Å². The zero-order valence-corrected chi connectivity index (χ0v) is 13.2. The third kappa shape index (κ3) is 2.94.